The largest absolute Gasteiger partial charge is 0.616 e. The number of piperidine rings is 1. The predicted molar refractivity (Wildman–Crippen MR) is 137 cm³/mol. The SMILES string of the molecule is COc1cc(C(=O)N2CCC3(CC2)C[C@H](OCC[S+](C)[O-])C2C=CC=CC2O3)ccc1OC(C)C. The zero-order valence-electron chi connectivity index (χ0n) is 21.1. The van der Waals surface area contributed by atoms with Gasteiger partial charge in [-0.2, -0.15) is 0 Å². The van der Waals surface area contributed by atoms with Crippen LogP contribution in [0.1, 0.15) is 43.5 Å². The Hall–Kier alpha value is -2.00. The molecule has 1 aromatic rings. The van der Waals surface area contributed by atoms with Crippen molar-refractivity contribution in [2.45, 2.75) is 57.0 Å². The Balaban J connectivity index is 1.41. The first kappa shape index (κ1) is 26.1. The number of hydrogen-bond acceptors (Lipinski definition) is 6. The molecule has 2 saturated heterocycles. The molecule has 0 bridgehead atoms. The second-order valence-corrected chi connectivity index (χ2v) is 11.4. The smallest absolute Gasteiger partial charge is 0.253 e. The molecule has 192 valence electrons. The summed E-state index contributed by atoms with van der Waals surface area (Å²) in [5.41, 5.74) is 0.267. The summed E-state index contributed by atoms with van der Waals surface area (Å²) >= 11 is -0.878. The van der Waals surface area contributed by atoms with Crippen LogP contribution in [-0.4, -0.2) is 78.1 Å². The number of benzene rings is 1. The summed E-state index contributed by atoms with van der Waals surface area (Å²) in [5.74, 6) is 1.88. The van der Waals surface area contributed by atoms with E-state index >= 15 is 0 Å². The number of amides is 1. The van der Waals surface area contributed by atoms with Crippen molar-refractivity contribution in [3.8, 4) is 11.5 Å². The van der Waals surface area contributed by atoms with E-state index in [1.54, 1.807) is 31.6 Å². The molecule has 2 heterocycles. The molecule has 0 aromatic heterocycles. The molecule has 4 atom stereocenters. The number of methoxy groups -OCH3 is 1. The maximum Gasteiger partial charge on any atom is 0.253 e. The van der Waals surface area contributed by atoms with Gasteiger partial charge in [-0.25, -0.2) is 0 Å². The van der Waals surface area contributed by atoms with Crippen LogP contribution in [0, 0.1) is 5.92 Å². The fraction of sp³-hybridized carbons (Fsp3) is 0.593. The Morgan fingerprint density at radius 2 is 1.97 bits per heavy atom. The average Bonchev–Trinajstić information content (AvgIpc) is 2.84. The summed E-state index contributed by atoms with van der Waals surface area (Å²) in [6, 6.07) is 5.36. The summed E-state index contributed by atoms with van der Waals surface area (Å²) in [6.45, 7) is 5.63. The molecule has 1 aromatic carbocycles. The normalized spacial score (nSPS) is 26.0. The third kappa shape index (κ3) is 6.23. The van der Waals surface area contributed by atoms with E-state index in [0.717, 1.165) is 19.3 Å². The van der Waals surface area contributed by atoms with Crippen LogP contribution in [0.5, 0.6) is 11.5 Å². The van der Waals surface area contributed by atoms with Crippen LogP contribution in [0.25, 0.3) is 0 Å². The van der Waals surface area contributed by atoms with E-state index in [-0.39, 0.29) is 35.7 Å². The molecule has 3 unspecified atom stereocenters. The van der Waals surface area contributed by atoms with Gasteiger partial charge in [0.1, 0.15) is 5.75 Å². The fourth-order valence-corrected chi connectivity index (χ4v) is 5.49. The molecular formula is C27H37NO6S. The lowest BCUT2D eigenvalue weighted by Gasteiger charge is -2.51. The maximum atomic E-state index is 13.3. The predicted octanol–water partition coefficient (Wildman–Crippen LogP) is 3.75. The van der Waals surface area contributed by atoms with Crippen LogP contribution in [-0.2, 0) is 20.6 Å². The third-order valence-electron chi connectivity index (χ3n) is 6.95. The first-order valence-corrected chi connectivity index (χ1v) is 14.1. The Morgan fingerprint density at radius 1 is 1.23 bits per heavy atom. The summed E-state index contributed by atoms with van der Waals surface area (Å²) in [5, 5.41) is 0. The standard InChI is InChI=1S/C27H37NO6S/c1-19(2)33-23-10-9-20(17-24(23)31-3)26(29)28-13-11-27(12-14-28)18-25(32-15-16-35(4)30)21-7-5-6-8-22(21)34-27/h5-10,17,19,21-22,25H,11-16,18H2,1-4H3/t21?,22?,25-,35?/m0/s1. The number of carbonyl (C=O) groups excluding carboxylic acids is 1. The number of nitrogens with zero attached hydrogens (tertiary/aromatic N) is 1. The van der Waals surface area contributed by atoms with Gasteiger partial charge in [0.2, 0.25) is 0 Å². The van der Waals surface area contributed by atoms with Crippen molar-refractivity contribution in [2.75, 3.05) is 38.8 Å². The van der Waals surface area contributed by atoms with Gasteiger partial charge in [-0.3, -0.25) is 4.79 Å². The molecule has 0 saturated carbocycles. The summed E-state index contributed by atoms with van der Waals surface area (Å²) < 4.78 is 35.6. The van der Waals surface area contributed by atoms with Crippen LogP contribution in [0.15, 0.2) is 42.5 Å². The highest BCUT2D eigenvalue weighted by Crippen LogP contribution is 2.43. The van der Waals surface area contributed by atoms with E-state index in [1.165, 1.54) is 0 Å². The molecule has 4 rings (SSSR count). The molecule has 1 spiro atoms. The number of hydrogen-bond donors (Lipinski definition) is 0. The number of likely N-dealkylation sites (tertiary alicyclic amines) is 1. The number of carbonyl (C=O) groups is 1. The molecule has 1 amide bonds. The van der Waals surface area contributed by atoms with Crippen LogP contribution in [0.2, 0.25) is 0 Å². The second kappa shape index (κ2) is 11.4. The fourth-order valence-electron chi connectivity index (χ4n) is 5.16. The highest BCUT2D eigenvalue weighted by Gasteiger charge is 2.48. The molecule has 3 aliphatic rings. The summed E-state index contributed by atoms with van der Waals surface area (Å²) in [7, 11) is 1.58. The number of allylic oxidation sites excluding steroid dienone is 2. The van der Waals surface area contributed by atoms with E-state index < -0.39 is 11.2 Å². The van der Waals surface area contributed by atoms with Crippen LogP contribution in [0.4, 0.5) is 0 Å². The van der Waals surface area contributed by atoms with E-state index in [0.29, 0.717) is 42.5 Å². The first-order valence-electron chi connectivity index (χ1n) is 12.4. The van der Waals surface area contributed by atoms with Crippen LogP contribution in [0.3, 0.4) is 0 Å². The van der Waals surface area contributed by atoms with Gasteiger partial charge in [0.25, 0.3) is 5.91 Å². The van der Waals surface area contributed by atoms with Gasteiger partial charge in [-0.05, 0) is 44.9 Å². The van der Waals surface area contributed by atoms with Gasteiger partial charge in [0.05, 0.1) is 43.9 Å². The van der Waals surface area contributed by atoms with E-state index in [4.69, 9.17) is 18.9 Å². The number of fused-ring (bicyclic) bond motifs is 1. The quantitative estimate of drug-likeness (QED) is 0.503. The summed E-state index contributed by atoms with van der Waals surface area (Å²) in [4.78, 5) is 15.2. The topological polar surface area (TPSA) is 80.3 Å². The first-order chi connectivity index (χ1) is 16.8. The molecule has 2 fully saturated rings. The van der Waals surface area contributed by atoms with Gasteiger partial charge in [0, 0.05) is 31.0 Å². The van der Waals surface area contributed by atoms with Crippen molar-refractivity contribution in [3.63, 3.8) is 0 Å². The van der Waals surface area contributed by atoms with Gasteiger partial charge < -0.3 is 28.4 Å². The minimum Gasteiger partial charge on any atom is -0.616 e. The van der Waals surface area contributed by atoms with Crippen molar-refractivity contribution in [1.29, 1.82) is 0 Å². The monoisotopic (exact) mass is 503 g/mol. The minimum atomic E-state index is -0.878. The lowest BCUT2D eigenvalue weighted by Crippen LogP contribution is -2.57. The zero-order valence-corrected chi connectivity index (χ0v) is 21.9. The molecule has 2 aliphatic heterocycles. The van der Waals surface area contributed by atoms with Gasteiger partial charge in [-0.1, -0.05) is 35.5 Å². The highest BCUT2D eigenvalue weighted by atomic mass is 32.2. The van der Waals surface area contributed by atoms with Gasteiger partial charge >= 0.3 is 0 Å². The molecule has 8 heteroatoms. The van der Waals surface area contributed by atoms with Crippen LogP contribution < -0.4 is 9.47 Å². The van der Waals surface area contributed by atoms with Crippen molar-refractivity contribution >= 4 is 17.1 Å². The molecule has 1 aliphatic carbocycles. The lowest BCUT2D eigenvalue weighted by molar-refractivity contribution is -0.193. The van der Waals surface area contributed by atoms with Gasteiger partial charge in [-0.15, -0.1) is 0 Å². The Morgan fingerprint density at radius 3 is 2.66 bits per heavy atom. The van der Waals surface area contributed by atoms with Gasteiger partial charge in [0.15, 0.2) is 11.5 Å². The van der Waals surface area contributed by atoms with E-state index in [1.807, 2.05) is 30.9 Å². The molecule has 35 heavy (non-hydrogen) atoms. The van der Waals surface area contributed by atoms with Crippen molar-refractivity contribution in [1.82, 2.24) is 4.90 Å². The highest BCUT2D eigenvalue weighted by molar-refractivity contribution is 7.90. The third-order valence-corrected chi connectivity index (χ3v) is 7.69. The molecule has 0 radical (unpaired) electrons. The minimum absolute atomic E-state index is 0.0124. The Bertz CT molecular complexity index is 938. The maximum absolute atomic E-state index is 13.3. The van der Waals surface area contributed by atoms with Crippen molar-refractivity contribution in [2.24, 2.45) is 5.92 Å². The second-order valence-electron chi connectivity index (χ2n) is 9.83. The molecule has 0 N–H and O–H groups in total. The van der Waals surface area contributed by atoms with Crippen LogP contribution >= 0.6 is 0 Å². The van der Waals surface area contributed by atoms with E-state index in [2.05, 4.69) is 12.2 Å². The average molecular weight is 504 g/mol. The van der Waals surface area contributed by atoms with E-state index in [9.17, 15) is 9.35 Å². The number of rotatable bonds is 8. The zero-order chi connectivity index (χ0) is 25.0. The Kier molecular flexibility index (Phi) is 8.47. The lowest BCUT2D eigenvalue weighted by atomic mass is 9.76. The van der Waals surface area contributed by atoms with Crippen molar-refractivity contribution < 1.29 is 28.3 Å². The number of ether oxygens (including phenoxy) is 4. The van der Waals surface area contributed by atoms with Crippen molar-refractivity contribution in [3.05, 3.63) is 48.1 Å². The summed E-state index contributed by atoms with van der Waals surface area (Å²) in [6.07, 6.45) is 12.3. The molecular weight excluding hydrogens is 466 g/mol. The molecule has 7 nitrogen and oxygen atoms in total. The Labute approximate surface area is 211 Å².